The van der Waals surface area contributed by atoms with Crippen LogP contribution in [-0.4, -0.2) is 64.3 Å². The van der Waals surface area contributed by atoms with E-state index in [1.807, 2.05) is 0 Å². The van der Waals surface area contributed by atoms with Crippen LogP contribution in [0.25, 0.3) is 0 Å². The van der Waals surface area contributed by atoms with Gasteiger partial charge in [0.05, 0.1) is 0 Å². The third-order valence-corrected chi connectivity index (χ3v) is 43.8. The smallest absolute Gasteiger partial charge is 0.532 e. The van der Waals surface area contributed by atoms with Crippen LogP contribution in [0, 0.1) is 0 Å². The second kappa shape index (κ2) is 7.80. The van der Waals surface area contributed by atoms with Gasteiger partial charge >= 0.3 is 56.0 Å². The summed E-state index contributed by atoms with van der Waals surface area (Å²) in [5, 5.41) is 0. The topological polar surface area (TPSA) is 129 Å². The predicted molar refractivity (Wildman–Crippen MR) is 70.9 cm³/mol. The van der Waals surface area contributed by atoms with Crippen LogP contribution in [0.5, 0.6) is 0 Å². The molecule has 19 heavy (non-hydrogen) atoms. The van der Waals surface area contributed by atoms with Crippen LogP contribution in [0.1, 0.15) is 0 Å². The molecule has 0 aromatic carbocycles. The first-order chi connectivity index (χ1) is 8.51. The van der Waals surface area contributed by atoms with E-state index in [0.717, 1.165) is 0 Å². The second-order valence-corrected chi connectivity index (χ2v) is 37.1. The lowest BCUT2D eigenvalue weighted by atomic mass is 11.8. The summed E-state index contributed by atoms with van der Waals surface area (Å²) in [5.74, 6) is 0. The molecule has 16 heteroatoms. The van der Waals surface area contributed by atoms with Crippen molar-refractivity contribution >= 4 is 64.3 Å². The second-order valence-electron chi connectivity index (χ2n) is 4.30. The van der Waals surface area contributed by atoms with Crippen LogP contribution in [0.4, 0.5) is 0 Å². The van der Waals surface area contributed by atoms with E-state index in [0.29, 0.717) is 0 Å². The fourth-order valence-corrected chi connectivity index (χ4v) is 54.5. The molecule has 0 spiro atoms. The Morgan fingerprint density at radius 1 is 0.789 bits per heavy atom. The minimum absolute atomic E-state index is 1.69. The van der Waals surface area contributed by atoms with Crippen molar-refractivity contribution in [1.82, 2.24) is 0 Å². The molecule has 0 heterocycles. The van der Waals surface area contributed by atoms with Gasteiger partial charge in [0.25, 0.3) is 0 Å². The van der Waals surface area contributed by atoms with E-state index in [1.54, 1.807) is 19.6 Å². The summed E-state index contributed by atoms with van der Waals surface area (Å²) in [6.07, 6.45) is 0. The van der Waals surface area contributed by atoms with Gasteiger partial charge in [0.15, 0.2) is 0 Å². The van der Waals surface area contributed by atoms with Crippen LogP contribution >= 0.6 is 0 Å². The lowest BCUT2D eigenvalue weighted by molar-refractivity contribution is 0.462. The summed E-state index contributed by atoms with van der Waals surface area (Å²) < 4.78 is 84.3. The molecule has 0 aliphatic rings. The van der Waals surface area contributed by atoms with Crippen LogP contribution in [0.2, 0.25) is 19.6 Å². The highest BCUT2D eigenvalue weighted by Gasteiger charge is 2.46. The molecular weight excluding hydrogens is 389 g/mol. The fraction of sp³-hybridized carbons (Fsp3) is 1.00. The normalized spacial score (nSPS) is 10.3. The minimum Gasteiger partial charge on any atom is -0.578 e. The van der Waals surface area contributed by atoms with E-state index in [2.05, 4.69) is 0 Å². The molecule has 0 bridgehead atoms. The van der Waals surface area contributed by atoms with Crippen molar-refractivity contribution in [2.75, 3.05) is 0 Å². The summed E-state index contributed by atoms with van der Waals surface area (Å²) in [4.78, 5) is 0. The van der Waals surface area contributed by atoms with Crippen molar-refractivity contribution in [2.24, 2.45) is 0 Å². The predicted octanol–water partition coefficient (Wildman–Crippen LogP) is -2.46. The molecule has 102 valence electrons. The average molecular weight is 399 g/mol. The Bertz CT molecular complexity index is 501. The summed E-state index contributed by atoms with van der Waals surface area (Å²) in [6.45, 7) is 5.06. The van der Waals surface area contributed by atoms with Gasteiger partial charge in [-0.2, -0.15) is 0 Å². The Labute approximate surface area is 119 Å². The zero-order valence-electron chi connectivity index (χ0n) is 10.3. The molecule has 0 aliphatic carbocycles. The number of hydrogen-bond acceptors (Lipinski definition) is 8. The highest BCUT2D eigenvalue weighted by atomic mass is 30.0. The van der Waals surface area contributed by atoms with Gasteiger partial charge in [-0.05, 0) is 19.6 Å². The molecule has 0 N–H and O–H groups in total. The molecule has 0 aliphatic heterocycles. The van der Waals surface area contributed by atoms with Gasteiger partial charge in [-0.1, -0.05) is 0 Å². The first kappa shape index (κ1) is 19.1. The van der Waals surface area contributed by atoms with Gasteiger partial charge in [-0.25, -0.2) is 0 Å². The Morgan fingerprint density at radius 2 is 1.21 bits per heavy atom. The molecule has 0 fully saturated rings. The fourth-order valence-electron chi connectivity index (χ4n) is 0.789. The van der Waals surface area contributed by atoms with Gasteiger partial charge in [-0.15, -0.1) is 0 Å². The maximum atomic E-state index is 11.7. The molecule has 0 aromatic heterocycles. The average Bonchev–Trinajstić information content (AvgIpc) is 2.31. The molecule has 0 radical (unpaired) electrons. The first-order valence-electron chi connectivity index (χ1n) is 4.91. The lowest BCUT2D eigenvalue weighted by Crippen LogP contribution is -2.49. The van der Waals surface area contributed by atoms with Crippen molar-refractivity contribution in [3.8, 4) is 0 Å². The van der Waals surface area contributed by atoms with Gasteiger partial charge in [-0.3, -0.25) is 0 Å². The third kappa shape index (κ3) is 6.41. The first-order valence-corrected chi connectivity index (χ1v) is 24.0. The number of rotatable bonds is 8. The van der Waals surface area contributed by atoms with Gasteiger partial charge in [0.1, 0.15) is 0 Å². The van der Waals surface area contributed by atoms with Crippen LogP contribution in [0.15, 0.2) is 0 Å². The summed E-state index contributed by atoms with van der Waals surface area (Å²) in [5.41, 5.74) is 0. The molecular formula is C3H10O8Si8. The van der Waals surface area contributed by atoms with Crippen molar-refractivity contribution in [3.63, 3.8) is 0 Å². The van der Waals surface area contributed by atoms with E-state index < -0.39 is 64.3 Å². The third-order valence-electron chi connectivity index (χ3n) is 1.53. The molecule has 0 atom stereocenters. The van der Waals surface area contributed by atoms with Crippen molar-refractivity contribution in [2.45, 2.75) is 19.6 Å². The molecule has 0 saturated carbocycles. The van der Waals surface area contributed by atoms with E-state index in [9.17, 15) is 31.2 Å². The zero-order chi connectivity index (χ0) is 15.4. The van der Waals surface area contributed by atoms with E-state index >= 15 is 0 Å². The monoisotopic (exact) mass is 398 g/mol. The SMILES string of the molecule is C[Si](C)(C)O[Si](=O)[Si](=O)[Si](=O)[Si](=O)[Si](=O)[Si](=O)[SiH]=O. The minimum atomic E-state index is -3.36. The zero-order valence-corrected chi connectivity index (χ0v) is 18.5. The Morgan fingerprint density at radius 3 is 1.58 bits per heavy atom. The van der Waals surface area contributed by atoms with Crippen molar-refractivity contribution < 1.29 is 35.3 Å². The molecule has 0 saturated heterocycles. The maximum Gasteiger partial charge on any atom is 0.532 e. The Balaban J connectivity index is 4.94. The summed E-state index contributed by atoms with van der Waals surface area (Å²) >= 11 is 0. The van der Waals surface area contributed by atoms with E-state index in [-0.39, 0.29) is 0 Å². The summed E-state index contributed by atoms with van der Waals surface area (Å²) in [7, 11) is -23.4. The molecule has 0 aromatic rings. The van der Waals surface area contributed by atoms with E-state index in [1.165, 1.54) is 0 Å². The molecule has 8 nitrogen and oxygen atoms in total. The van der Waals surface area contributed by atoms with Crippen LogP contribution in [-0.2, 0) is 35.3 Å². The summed E-state index contributed by atoms with van der Waals surface area (Å²) in [6, 6.07) is 0. The highest BCUT2D eigenvalue weighted by Crippen LogP contribution is 2.01. The standard InChI is InChI=1S/C3H10O8Si8/c1-19(2,3)11-13(5)15(7)17(9)18(10)16(8)14(6)12-4/h12H,1-3H3. The molecule has 0 unspecified atom stereocenters. The van der Waals surface area contributed by atoms with Gasteiger partial charge < -0.3 is 35.3 Å². The van der Waals surface area contributed by atoms with Crippen LogP contribution in [0.3, 0.4) is 0 Å². The van der Waals surface area contributed by atoms with Gasteiger partial charge in [0, 0.05) is 0 Å². The van der Waals surface area contributed by atoms with Crippen molar-refractivity contribution in [1.29, 1.82) is 0 Å². The van der Waals surface area contributed by atoms with Gasteiger partial charge in [0.2, 0.25) is 8.32 Å². The lowest BCUT2D eigenvalue weighted by Gasteiger charge is -2.16. The van der Waals surface area contributed by atoms with Crippen LogP contribution < -0.4 is 0 Å². The maximum absolute atomic E-state index is 11.7. The molecule has 0 amide bonds. The largest absolute Gasteiger partial charge is 0.578 e. The highest BCUT2D eigenvalue weighted by molar-refractivity contribution is 7.69. The Hall–Kier alpha value is 0.135. The van der Waals surface area contributed by atoms with Crippen molar-refractivity contribution in [3.05, 3.63) is 0 Å². The quantitative estimate of drug-likeness (QED) is 0.412. The van der Waals surface area contributed by atoms with E-state index in [4.69, 9.17) is 4.12 Å². The number of hydrogen-bond donors (Lipinski definition) is 0. The Kier molecular flexibility index (Phi) is 7.85. The molecule has 0 rings (SSSR count).